The molecule has 19 heavy (non-hydrogen) atoms. The Morgan fingerprint density at radius 2 is 2.26 bits per heavy atom. The van der Waals surface area contributed by atoms with E-state index < -0.39 is 5.60 Å². The molecule has 2 rings (SSSR count). The van der Waals surface area contributed by atoms with Crippen LogP contribution in [0.25, 0.3) is 6.08 Å². The Hall–Kier alpha value is -1.20. The van der Waals surface area contributed by atoms with Gasteiger partial charge in [-0.15, -0.1) is 11.3 Å². The van der Waals surface area contributed by atoms with Crippen molar-refractivity contribution in [2.24, 2.45) is 0 Å². The summed E-state index contributed by atoms with van der Waals surface area (Å²) in [5.41, 5.74) is 0.0907. The number of hydrogen-bond acceptors (Lipinski definition) is 4. The molecule has 0 saturated heterocycles. The first-order chi connectivity index (χ1) is 9.07. The Kier molecular flexibility index (Phi) is 4.71. The van der Waals surface area contributed by atoms with E-state index in [1.807, 2.05) is 12.3 Å². The van der Waals surface area contributed by atoms with Gasteiger partial charge in [-0.2, -0.15) is 0 Å². The van der Waals surface area contributed by atoms with Crippen LogP contribution in [0.1, 0.15) is 42.8 Å². The third kappa shape index (κ3) is 4.44. The fraction of sp³-hybridized carbons (Fsp3) is 0.571. The molecule has 0 spiro atoms. The molecule has 0 unspecified atom stereocenters. The molecule has 1 aromatic rings. The number of nitrogens with zero attached hydrogens (tertiary/aromatic N) is 1. The van der Waals surface area contributed by atoms with Crippen molar-refractivity contribution in [3.8, 4) is 0 Å². The maximum atomic E-state index is 11.7. The van der Waals surface area contributed by atoms with Gasteiger partial charge in [0.1, 0.15) is 0 Å². The van der Waals surface area contributed by atoms with Gasteiger partial charge < -0.3 is 10.4 Å². The number of amides is 1. The molecule has 0 bridgehead atoms. The van der Waals surface area contributed by atoms with Crippen LogP contribution in [0.5, 0.6) is 0 Å². The zero-order valence-corrected chi connectivity index (χ0v) is 12.0. The van der Waals surface area contributed by atoms with Crippen LogP contribution in [0.3, 0.4) is 0 Å². The predicted octanol–water partition coefficient (Wildman–Crippen LogP) is 2.28. The normalized spacial score (nSPS) is 18.6. The van der Waals surface area contributed by atoms with E-state index in [9.17, 15) is 9.90 Å². The lowest BCUT2D eigenvalue weighted by Gasteiger charge is -2.31. The van der Waals surface area contributed by atoms with Crippen LogP contribution in [0.4, 0.5) is 0 Å². The first kappa shape index (κ1) is 14.2. The molecule has 1 amide bonds. The average molecular weight is 280 g/mol. The molecule has 1 aliphatic rings. The number of aromatic nitrogens is 1. The van der Waals surface area contributed by atoms with Crippen molar-refractivity contribution in [2.75, 3.05) is 6.54 Å². The van der Waals surface area contributed by atoms with Gasteiger partial charge in [0.05, 0.1) is 16.3 Å². The number of carbonyl (C=O) groups is 1. The summed E-state index contributed by atoms with van der Waals surface area (Å²) >= 11 is 1.56. The topological polar surface area (TPSA) is 62.2 Å². The Morgan fingerprint density at radius 1 is 1.53 bits per heavy atom. The smallest absolute Gasteiger partial charge is 0.244 e. The van der Waals surface area contributed by atoms with Gasteiger partial charge >= 0.3 is 0 Å². The van der Waals surface area contributed by atoms with Crippen molar-refractivity contribution in [1.82, 2.24) is 10.3 Å². The molecule has 0 aliphatic heterocycles. The minimum absolute atomic E-state index is 0.176. The summed E-state index contributed by atoms with van der Waals surface area (Å²) in [7, 11) is 0. The Morgan fingerprint density at radius 3 is 2.89 bits per heavy atom. The monoisotopic (exact) mass is 280 g/mol. The fourth-order valence-corrected chi connectivity index (χ4v) is 2.90. The molecule has 1 aromatic heterocycles. The van der Waals surface area contributed by atoms with E-state index in [1.54, 1.807) is 17.4 Å². The van der Waals surface area contributed by atoms with E-state index in [4.69, 9.17) is 0 Å². The minimum atomic E-state index is -0.709. The number of thiazole rings is 1. The first-order valence-electron chi connectivity index (χ1n) is 6.68. The van der Waals surface area contributed by atoms with Gasteiger partial charge in [0.25, 0.3) is 0 Å². The maximum absolute atomic E-state index is 11.7. The Bertz CT molecular complexity index is 462. The highest BCUT2D eigenvalue weighted by Gasteiger charge is 2.29. The summed E-state index contributed by atoms with van der Waals surface area (Å²) < 4.78 is 0. The van der Waals surface area contributed by atoms with Gasteiger partial charge in [0.2, 0.25) is 5.91 Å². The summed E-state index contributed by atoms with van der Waals surface area (Å²) in [6, 6.07) is 0. The Balaban J connectivity index is 1.79. The number of aliphatic hydroxyl groups is 1. The number of rotatable bonds is 4. The SMILES string of the molecule is Cc1nc(C=CC(=O)NCC2(O)CCCCC2)cs1. The van der Waals surface area contributed by atoms with Crippen LogP contribution in [0.15, 0.2) is 11.5 Å². The molecule has 104 valence electrons. The molecule has 2 N–H and O–H groups in total. The standard InChI is InChI=1S/C14H20N2O2S/c1-11-16-12(9-19-11)5-6-13(17)15-10-14(18)7-3-2-4-8-14/h5-6,9,18H,2-4,7-8,10H2,1H3,(H,15,17). The maximum Gasteiger partial charge on any atom is 0.244 e. The van der Waals surface area contributed by atoms with Gasteiger partial charge in [-0.05, 0) is 25.8 Å². The number of hydrogen-bond donors (Lipinski definition) is 2. The van der Waals surface area contributed by atoms with Crippen molar-refractivity contribution in [3.63, 3.8) is 0 Å². The van der Waals surface area contributed by atoms with Crippen LogP contribution in [0.2, 0.25) is 0 Å². The van der Waals surface area contributed by atoms with Crippen molar-refractivity contribution < 1.29 is 9.90 Å². The lowest BCUT2D eigenvalue weighted by molar-refractivity contribution is -0.118. The van der Waals surface area contributed by atoms with Crippen LogP contribution in [0, 0.1) is 6.92 Å². The van der Waals surface area contributed by atoms with Crippen LogP contribution in [-0.2, 0) is 4.79 Å². The van der Waals surface area contributed by atoms with Gasteiger partial charge in [0, 0.05) is 18.0 Å². The van der Waals surface area contributed by atoms with E-state index in [2.05, 4.69) is 10.3 Å². The van der Waals surface area contributed by atoms with Gasteiger partial charge in [-0.1, -0.05) is 19.3 Å². The molecule has 1 aliphatic carbocycles. The van der Waals surface area contributed by atoms with Gasteiger partial charge in [0.15, 0.2) is 0 Å². The molecule has 0 aromatic carbocycles. The lowest BCUT2D eigenvalue weighted by Crippen LogP contribution is -2.43. The number of carbonyl (C=O) groups excluding carboxylic acids is 1. The summed E-state index contributed by atoms with van der Waals surface area (Å²) in [4.78, 5) is 15.9. The Labute approximate surface area is 117 Å². The van der Waals surface area contributed by atoms with Crippen LogP contribution in [-0.4, -0.2) is 28.1 Å². The molecular weight excluding hydrogens is 260 g/mol. The van der Waals surface area contributed by atoms with Crippen molar-refractivity contribution in [3.05, 3.63) is 22.2 Å². The molecule has 5 heteroatoms. The van der Waals surface area contributed by atoms with Crippen molar-refractivity contribution >= 4 is 23.3 Å². The molecule has 0 radical (unpaired) electrons. The van der Waals surface area contributed by atoms with Crippen LogP contribution >= 0.6 is 11.3 Å². The largest absolute Gasteiger partial charge is 0.388 e. The summed E-state index contributed by atoms with van der Waals surface area (Å²) in [5, 5.41) is 15.9. The summed E-state index contributed by atoms with van der Waals surface area (Å²) in [6.07, 6.45) is 7.99. The van der Waals surface area contributed by atoms with Crippen LogP contribution < -0.4 is 5.32 Å². The minimum Gasteiger partial charge on any atom is -0.388 e. The third-order valence-corrected chi connectivity index (χ3v) is 4.21. The summed E-state index contributed by atoms with van der Waals surface area (Å²) in [6.45, 7) is 2.27. The first-order valence-corrected chi connectivity index (χ1v) is 7.56. The van der Waals surface area contributed by atoms with E-state index in [0.717, 1.165) is 36.4 Å². The highest BCUT2D eigenvalue weighted by atomic mass is 32.1. The highest BCUT2D eigenvalue weighted by molar-refractivity contribution is 7.09. The summed E-state index contributed by atoms with van der Waals surface area (Å²) in [5.74, 6) is -0.176. The fourth-order valence-electron chi connectivity index (χ4n) is 2.32. The van der Waals surface area contributed by atoms with E-state index in [0.29, 0.717) is 6.54 Å². The number of nitrogens with one attached hydrogen (secondary N) is 1. The molecule has 0 atom stereocenters. The molecule has 1 fully saturated rings. The molecule has 1 heterocycles. The second-order valence-corrected chi connectivity index (χ2v) is 6.19. The number of aryl methyl sites for hydroxylation is 1. The molecule has 1 saturated carbocycles. The van der Waals surface area contributed by atoms with E-state index in [1.165, 1.54) is 12.5 Å². The molecule has 4 nitrogen and oxygen atoms in total. The lowest BCUT2D eigenvalue weighted by atomic mass is 9.85. The third-order valence-electron chi connectivity index (χ3n) is 3.42. The van der Waals surface area contributed by atoms with E-state index in [-0.39, 0.29) is 5.91 Å². The van der Waals surface area contributed by atoms with E-state index >= 15 is 0 Å². The zero-order valence-electron chi connectivity index (χ0n) is 11.2. The quantitative estimate of drug-likeness (QED) is 0.832. The predicted molar refractivity (Wildman–Crippen MR) is 76.9 cm³/mol. The van der Waals surface area contributed by atoms with Gasteiger partial charge in [-0.25, -0.2) is 4.98 Å². The van der Waals surface area contributed by atoms with Gasteiger partial charge in [-0.3, -0.25) is 4.79 Å². The molecular formula is C14H20N2O2S. The second kappa shape index (κ2) is 6.30. The highest BCUT2D eigenvalue weighted by Crippen LogP contribution is 2.27. The van der Waals surface area contributed by atoms with Crippen molar-refractivity contribution in [2.45, 2.75) is 44.6 Å². The second-order valence-electron chi connectivity index (χ2n) is 5.13. The van der Waals surface area contributed by atoms with Crippen molar-refractivity contribution in [1.29, 1.82) is 0 Å². The average Bonchev–Trinajstić information content (AvgIpc) is 2.81. The zero-order chi connectivity index (χ0) is 13.7.